The van der Waals surface area contributed by atoms with Crippen LogP contribution in [0.15, 0.2) is 55.6 Å². The van der Waals surface area contributed by atoms with Crippen LogP contribution in [-0.4, -0.2) is 84.8 Å². The zero-order chi connectivity index (χ0) is 29.4. The number of nitrogens with one attached hydrogen (secondary N) is 2. The van der Waals surface area contributed by atoms with Crippen LogP contribution in [0.25, 0.3) is 0 Å². The number of benzene rings is 1. The zero-order valence-electron chi connectivity index (χ0n) is 23.5. The molecule has 2 atom stereocenters. The van der Waals surface area contributed by atoms with Crippen LogP contribution in [0.3, 0.4) is 0 Å². The lowest BCUT2D eigenvalue weighted by atomic mass is 10.0. The molecule has 1 aromatic rings. The molecular formula is C29H42N4O6. The Hall–Kier alpha value is -3.95. The second-order valence-corrected chi connectivity index (χ2v) is 9.47. The van der Waals surface area contributed by atoms with E-state index in [-0.39, 0.29) is 37.9 Å². The summed E-state index contributed by atoms with van der Waals surface area (Å²) in [4.78, 5) is 66.5. The lowest BCUT2D eigenvalue weighted by Crippen LogP contribution is -2.58. The van der Waals surface area contributed by atoms with Gasteiger partial charge in [0.25, 0.3) is 0 Å². The van der Waals surface area contributed by atoms with E-state index in [1.165, 1.54) is 23.8 Å². The van der Waals surface area contributed by atoms with Crippen molar-refractivity contribution >= 4 is 29.6 Å². The molecular weight excluding hydrogens is 500 g/mol. The molecule has 0 saturated carbocycles. The Bertz CT molecular complexity index is 995. The zero-order valence-corrected chi connectivity index (χ0v) is 23.5. The van der Waals surface area contributed by atoms with Crippen LogP contribution in [0.2, 0.25) is 0 Å². The van der Waals surface area contributed by atoms with Crippen LogP contribution < -0.4 is 10.6 Å². The van der Waals surface area contributed by atoms with Gasteiger partial charge in [-0.1, -0.05) is 56.3 Å². The van der Waals surface area contributed by atoms with Crippen molar-refractivity contribution in [3.63, 3.8) is 0 Å². The number of hydrogen-bond acceptors (Lipinski definition) is 6. The number of carbonyl (C=O) groups excluding carboxylic acids is 5. The molecule has 0 bridgehead atoms. The minimum atomic E-state index is -1.01. The van der Waals surface area contributed by atoms with Gasteiger partial charge in [-0.05, 0) is 24.3 Å². The predicted molar refractivity (Wildman–Crippen MR) is 149 cm³/mol. The van der Waals surface area contributed by atoms with Crippen molar-refractivity contribution in [2.75, 3.05) is 33.3 Å². The molecule has 4 amide bonds. The van der Waals surface area contributed by atoms with Gasteiger partial charge in [0.15, 0.2) is 0 Å². The number of esters is 1. The smallest absolute Gasteiger partial charge is 0.325 e. The average Bonchev–Trinajstić information content (AvgIpc) is 2.91. The second-order valence-electron chi connectivity index (χ2n) is 9.47. The molecule has 39 heavy (non-hydrogen) atoms. The molecule has 0 aliphatic heterocycles. The Kier molecular flexibility index (Phi) is 14.9. The highest BCUT2D eigenvalue weighted by Crippen LogP contribution is 2.10. The van der Waals surface area contributed by atoms with E-state index < -0.39 is 35.8 Å². The maximum absolute atomic E-state index is 13.6. The van der Waals surface area contributed by atoms with E-state index in [2.05, 4.69) is 23.8 Å². The third-order valence-electron chi connectivity index (χ3n) is 6.01. The predicted octanol–water partition coefficient (Wildman–Crippen LogP) is 1.86. The summed E-state index contributed by atoms with van der Waals surface area (Å²) in [7, 11) is 1.24. The molecule has 0 fully saturated rings. The van der Waals surface area contributed by atoms with Crippen molar-refractivity contribution in [1.29, 1.82) is 0 Å². The lowest BCUT2D eigenvalue weighted by Gasteiger charge is -2.30. The largest absolute Gasteiger partial charge is 0.468 e. The molecule has 1 rings (SSSR count). The summed E-state index contributed by atoms with van der Waals surface area (Å²) in [5.74, 6) is -2.66. The maximum Gasteiger partial charge on any atom is 0.325 e. The number of ether oxygens (including phenoxy) is 1. The van der Waals surface area contributed by atoms with Crippen LogP contribution in [0, 0.1) is 5.92 Å². The third kappa shape index (κ3) is 12.0. The second kappa shape index (κ2) is 17.5. The van der Waals surface area contributed by atoms with E-state index in [9.17, 15) is 24.0 Å². The summed E-state index contributed by atoms with van der Waals surface area (Å²) in [6, 6.07) is 7.20. The standard InChI is InChI=1S/C29H42N4O6/c1-7-9-16-32(22(5)34)19-25(35)31-27(21(3)4)28(37)30-24(18-23-14-12-11-13-15-23)29(38)33(17-10-8-2)20-26(36)39-6/h7-8,11-15,21,24,27H,1-2,9-10,16-20H2,3-6H3,(H,30,37)(H,31,35)/t24-,27-/m0/s1. The van der Waals surface area contributed by atoms with Gasteiger partial charge in [-0.2, -0.15) is 0 Å². The first-order chi connectivity index (χ1) is 18.5. The first kappa shape index (κ1) is 33.1. The highest BCUT2D eigenvalue weighted by atomic mass is 16.5. The average molecular weight is 543 g/mol. The van der Waals surface area contributed by atoms with Crippen molar-refractivity contribution in [2.24, 2.45) is 5.92 Å². The molecule has 1 aromatic carbocycles. The van der Waals surface area contributed by atoms with E-state index in [0.29, 0.717) is 19.4 Å². The summed E-state index contributed by atoms with van der Waals surface area (Å²) >= 11 is 0. The fraction of sp³-hybridized carbons (Fsp3) is 0.483. The summed E-state index contributed by atoms with van der Waals surface area (Å²) in [6.45, 7) is 12.3. The maximum atomic E-state index is 13.6. The summed E-state index contributed by atoms with van der Waals surface area (Å²) in [5.41, 5.74) is 0.808. The van der Waals surface area contributed by atoms with Gasteiger partial charge in [0.2, 0.25) is 23.6 Å². The SMILES string of the molecule is C=CCCN(CC(=O)N[C@H](C(=O)N[C@@H](Cc1ccccc1)C(=O)N(CCC=C)CC(=O)OC)C(C)C)C(C)=O. The van der Waals surface area contributed by atoms with Gasteiger partial charge in [0, 0.05) is 26.4 Å². The fourth-order valence-corrected chi connectivity index (χ4v) is 3.79. The number of hydrogen-bond donors (Lipinski definition) is 2. The van der Waals surface area contributed by atoms with Gasteiger partial charge in [0.1, 0.15) is 18.6 Å². The van der Waals surface area contributed by atoms with Gasteiger partial charge >= 0.3 is 5.97 Å². The number of carbonyl (C=O) groups is 5. The molecule has 214 valence electrons. The molecule has 0 aromatic heterocycles. The Morgan fingerprint density at radius 1 is 0.923 bits per heavy atom. The minimum Gasteiger partial charge on any atom is -0.468 e. The van der Waals surface area contributed by atoms with Crippen molar-refractivity contribution in [3.8, 4) is 0 Å². The van der Waals surface area contributed by atoms with Crippen molar-refractivity contribution in [2.45, 2.75) is 52.1 Å². The van der Waals surface area contributed by atoms with Crippen LogP contribution >= 0.6 is 0 Å². The van der Waals surface area contributed by atoms with Gasteiger partial charge in [-0.25, -0.2) is 0 Å². The molecule has 2 N–H and O–H groups in total. The van der Waals surface area contributed by atoms with Crippen molar-refractivity contribution < 1.29 is 28.7 Å². The minimum absolute atomic E-state index is 0.176. The Morgan fingerprint density at radius 2 is 1.51 bits per heavy atom. The highest BCUT2D eigenvalue weighted by Gasteiger charge is 2.32. The molecule has 0 spiro atoms. The Morgan fingerprint density at radius 3 is 2.03 bits per heavy atom. The van der Waals surface area contributed by atoms with E-state index in [0.717, 1.165) is 5.56 Å². The molecule has 0 aliphatic carbocycles. The number of nitrogens with zero attached hydrogens (tertiary/aromatic N) is 2. The van der Waals surface area contributed by atoms with Gasteiger partial charge in [-0.3, -0.25) is 24.0 Å². The van der Waals surface area contributed by atoms with E-state index >= 15 is 0 Å². The van der Waals surface area contributed by atoms with Gasteiger partial charge in [0.05, 0.1) is 13.7 Å². The monoisotopic (exact) mass is 542 g/mol. The van der Waals surface area contributed by atoms with E-state index in [4.69, 9.17) is 4.74 Å². The van der Waals surface area contributed by atoms with Crippen LogP contribution in [0.4, 0.5) is 0 Å². The molecule has 0 saturated heterocycles. The lowest BCUT2D eigenvalue weighted by molar-refractivity contribution is -0.148. The first-order valence-corrected chi connectivity index (χ1v) is 13.0. The molecule has 0 unspecified atom stereocenters. The van der Waals surface area contributed by atoms with Crippen molar-refractivity contribution in [1.82, 2.24) is 20.4 Å². The summed E-state index contributed by atoms with van der Waals surface area (Å²) < 4.78 is 4.75. The topological polar surface area (TPSA) is 125 Å². The molecule has 0 radical (unpaired) electrons. The van der Waals surface area contributed by atoms with E-state index in [1.807, 2.05) is 30.3 Å². The summed E-state index contributed by atoms with van der Waals surface area (Å²) in [5, 5.41) is 5.50. The van der Waals surface area contributed by atoms with E-state index in [1.54, 1.807) is 26.0 Å². The Labute approximate surface area is 231 Å². The quantitative estimate of drug-likeness (QED) is 0.229. The fourth-order valence-electron chi connectivity index (χ4n) is 3.79. The Balaban J connectivity index is 3.16. The van der Waals surface area contributed by atoms with Crippen LogP contribution in [-0.2, 0) is 35.1 Å². The van der Waals surface area contributed by atoms with Gasteiger partial charge in [-0.15, -0.1) is 13.2 Å². The van der Waals surface area contributed by atoms with Crippen molar-refractivity contribution in [3.05, 3.63) is 61.2 Å². The van der Waals surface area contributed by atoms with Crippen LogP contribution in [0.5, 0.6) is 0 Å². The molecule has 0 heterocycles. The van der Waals surface area contributed by atoms with Crippen LogP contribution in [0.1, 0.15) is 39.2 Å². The summed E-state index contributed by atoms with van der Waals surface area (Å²) in [6.07, 6.45) is 4.43. The normalized spacial score (nSPS) is 12.0. The first-order valence-electron chi connectivity index (χ1n) is 13.0. The third-order valence-corrected chi connectivity index (χ3v) is 6.01. The number of rotatable bonds is 17. The number of amides is 4. The highest BCUT2D eigenvalue weighted by molar-refractivity contribution is 5.94. The van der Waals surface area contributed by atoms with Gasteiger partial charge < -0.3 is 25.2 Å². The molecule has 10 heteroatoms. The number of methoxy groups -OCH3 is 1. The molecule has 10 nitrogen and oxygen atoms in total. The molecule has 0 aliphatic rings.